The van der Waals surface area contributed by atoms with Gasteiger partial charge in [-0.3, -0.25) is 0 Å². The summed E-state index contributed by atoms with van der Waals surface area (Å²) >= 11 is 0. The summed E-state index contributed by atoms with van der Waals surface area (Å²) in [5, 5.41) is 12.9. The highest BCUT2D eigenvalue weighted by Crippen LogP contribution is 2.09. The maximum absolute atomic E-state index is 10.7. The van der Waals surface area contributed by atoms with Crippen molar-refractivity contribution in [3.63, 3.8) is 0 Å². The normalized spacial score (nSPS) is 10.5. The van der Waals surface area contributed by atoms with Gasteiger partial charge in [-0.2, -0.15) is 0 Å². The quantitative estimate of drug-likeness (QED) is 0.774. The van der Waals surface area contributed by atoms with Crippen LogP contribution in [0.3, 0.4) is 0 Å². The molecule has 0 bridgehead atoms. The summed E-state index contributed by atoms with van der Waals surface area (Å²) in [5.41, 5.74) is 0.524. The zero-order valence-corrected chi connectivity index (χ0v) is 8.38. The third kappa shape index (κ3) is 1.61. The van der Waals surface area contributed by atoms with Crippen molar-refractivity contribution in [2.75, 3.05) is 19.0 Å². The molecule has 0 fully saturated rings. The van der Waals surface area contributed by atoms with Crippen molar-refractivity contribution in [1.29, 1.82) is 0 Å². The average molecular weight is 206 g/mol. The van der Waals surface area contributed by atoms with E-state index in [9.17, 15) is 4.79 Å². The van der Waals surface area contributed by atoms with Gasteiger partial charge < -0.3 is 10.0 Å². The predicted octanol–water partition coefficient (Wildman–Crippen LogP) is 0.493. The summed E-state index contributed by atoms with van der Waals surface area (Å²) in [7, 11) is 3.73. The van der Waals surface area contributed by atoms with Gasteiger partial charge in [0.25, 0.3) is 0 Å². The molecule has 6 nitrogen and oxygen atoms in total. The number of anilines is 1. The maximum Gasteiger partial charge on any atom is 0.356 e. The molecule has 78 valence electrons. The lowest BCUT2D eigenvalue weighted by Gasteiger charge is -2.09. The standard InChI is InChI=1S/C9H10N4O2/c1-12(2)8-4-3-7-10-6(9(14)15)5-13(7)11-8/h3-5H,1-2H3,(H,14,15). The molecule has 0 amide bonds. The van der Waals surface area contributed by atoms with E-state index < -0.39 is 5.97 Å². The molecule has 6 heteroatoms. The van der Waals surface area contributed by atoms with Crippen molar-refractivity contribution in [3.05, 3.63) is 24.0 Å². The molecule has 1 N–H and O–H groups in total. The second-order valence-corrected chi connectivity index (χ2v) is 3.32. The Kier molecular flexibility index (Phi) is 2.03. The first-order valence-electron chi connectivity index (χ1n) is 4.35. The summed E-state index contributed by atoms with van der Waals surface area (Å²) in [4.78, 5) is 16.4. The van der Waals surface area contributed by atoms with Crippen LogP contribution in [0.25, 0.3) is 5.65 Å². The van der Waals surface area contributed by atoms with Crippen LogP contribution in [0.4, 0.5) is 5.82 Å². The Labute approximate surface area is 85.8 Å². The highest BCUT2D eigenvalue weighted by Gasteiger charge is 2.09. The topological polar surface area (TPSA) is 70.7 Å². The number of fused-ring (bicyclic) bond motifs is 1. The van der Waals surface area contributed by atoms with Crippen LogP contribution < -0.4 is 4.90 Å². The van der Waals surface area contributed by atoms with Gasteiger partial charge in [0.15, 0.2) is 11.3 Å². The molecule has 0 aliphatic carbocycles. The monoisotopic (exact) mass is 206 g/mol. The average Bonchev–Trinajstić information content (AvgIpc) is 2.59. The molecule has 0 aliphatic rings. The van der Waals surface area contributed by atoms with E-state index in [4.69, 9.17) is 5.11 Å². The highest BCUT2D eigenvalue weighted by atomic mass is 16.4. The number of aromatic nitrogens is 3. The summed E-state index contributed by atoms with van der Waals surface area (Å²) in [6.07, 6.45) is 1.39. The largest absolute Gasteiger partial charge is 0.476 e. The second kappa shape index (κ2) is 3.23. The minimum absolute atomic E-state index is 0.00148. The van der Waals surface area contributed by atoms with Crippen molar-refractivity contribution >= 4 is 17.4 Å². The van der Waals surface area contributed by atoms with E-state index in [0.717, 1.165) is 5.82 Å². The third-order valence-corrected chi connectivity index (χ3v) is 1.98. The lowest BCUT2D eigenvalue weighted by atomic mass is 10.5. The minimum atomic E-state index is -1.05. The third-order valence-electron chi connectivity index (χ3n) is 1.98. The van der Waals surface area contributed by atoms with E-state index in [1.807, 2.05) is 19.0 Å². The van der Waals surface area contributed by atoms with Gasteiger partial charge in [0, 0.05) is 14.1 Å². The molecule has 0 unspecified atom stereocenters. The van der Waals surface area contributed by atoms with Gasteiger partial charge in [-0.1, -0.05) is 0 Å². The molecule has 2 aromatic rings. The summed E-state index contributed by atoms with van der Waals surface area (Å²) in [6, 6.07) is 3.52. The Balaban J connectivity index is 2.57. The molecule has 0 aliphatic heterocycles. The fourth-order valence-corrected chi connectivity index (χ4v) is 1.21. The molecule has 2 rings (SSSR count). The molecule has 0 aromatic carbocycles. The maximum atomic E-state index is 10.7. The van der Waals surface area contributed by atoms with Crippen LogP contribution in [0, 0.1) is 0 Å². The molecule has 0 saturated heterocycles. The number of hydrogen-bond acceptors (Lipinski definition) is 4. The number of imidazole rings is 1. The van der Waals surface area contributed by atoms with E-state index in [1.165, 1.54) is 10.7 Å². The van der Waals surface area contributed by atoms with Crippen LogP contribution >= 0.6 is 0 Å². The molecule has 0 radical (unpaired) electrons. The van der Waals surface area contributed by atoms with Gasteiger partial charge in [-0.15, -0.1) is 5.10 Å². The van der Waals surface area contributed by atoms with Crippen LogP contribution in [0.2, 0.25) is 0 Å². The Hall–Kier alpha value is -2.11. The first kappa shape index (κ1) is 9.45. The molecular weight excluding hydrogens is 196 g/mol. The number of aromatic carboxylic acids is 1. The molecule has 2 heterocycles. The lowest BCUT2D eigenvalue weighted by molar-refractivity contribution is 0.0691. The Bertz CT molecular complexity index is 518. The number of carbonyl (C=O) groups is 1. The Morgan fingerprint density at radius 1 is 1.47 bits per heavy atom. The van der Waals surface area contributed by atoms with Gasteiger partial charge in [-0.25, -0.2) is 14.3 Å². The van der Waals surface area contributed by atoms with Gasteiger partial charge in [0.1, 0.15) is 5.82 Å². The summed E-state index contributed by atoms with van der Waals surface area (Å²) < 4.78 is 1.46. The lowest BCUT2D eigenvalue weighted by Crippen LogP contribution is -2.11. The molecule has 2 aromatic heterocycles. The smallest absolute Gasteiger partial charge is 0.356 e. The van der Waals surface area contributed by atoms with Crippen LogP contribution in [0.1, 0.15) is 10.5 Å². The summed E-state index contributed by atoms with van der Waals surface area (Å²) in [6.45, 7) is 0. The van der Waals surface area contributed by atoms with Gasteiger partial charge in [-0.05, 0) is 12.1 Å². The second-order valence-electron chi connectivity index (χ2n) is 3.32. The van der Waals surface area contributed by atoms with E-state index in [0.29, 0.717) is 5.65 Å². The first-order chi connectivity index (χ1) is 7.08. The Morgan fingerprint density at radius 2 is 2.20 bits per heavy atom. The van der Waals surface area contributed by atoms with E-state index in [1.54, 1.807) is 12.1 Å². The van der Waals surface area contributed by atoms with Crippen LogP contribution in [-0.4, -0.2) is 39.8 Å². The zero-order valence-electron chi connectivity index (χ0n) is 8.38. The predicted molar refractivity (Wildman–Crippen MR) is 54.3 cm³/mol. The van der Waals surface area contributed by atoms with Gasteiger partial charge in [0.05, 0.1) is 6.20 Å². The molecule has 0 saturated carbocycles. The van der Waals surface area contributed by atoms with Crippen LogP contribution in [-0.2, 0) is 0 Å². The van der Waals surface area contributed by atoms with Gasteiger partial charge in [0.2, 0.25) is 0 Å². The van der Waals surface area contributed by atoms with Crippen LogP contribution in [0.5, 0.6) is 0 Å². The van der Waals surface area contributed by atoms with E-state index >= 15 is 0 Å². The molecular formula is C9H10N4O2. The van der Waals surface area contributed by atoms with Crippen molar-refractivity contribution < 1.29 is 9.90 Å². The zero-order chi connectivity index (χ0) is 11.0. The number of carboxylic acids is 1. The summed E-state index contributed by atoms with van der Waals surface area (Å²) in [5.74, 6) is -0.302. The fraction of sp³-hybridized carbons (Fsp3) is 0.222. The van der Waals surface area contributed by atoms with Crippen molar-refractivity contribution in [2.24, 2.45) is 0 Å². The van der Waals surface area contributed by atoms with Crippen LogP contribution in [0.15, 0.2) is 18.3 Å². The van der Waals surface area contributed by atoms with E-state index in [2.05, 4.69) is 10.1 Å². The SMILES string of the molecule is CN(C)c1ccc2nc(C(=O)O)cn2n1. The fourth-order valence-electron chi connectivity index (χ4n) is 1.21. The Morgan fingerprint density at radius 3 is 2.80 bits per heavy atom. The first-order valence-corrected chi connectivity index (χ1v) is 4.35. The number of rotatable bonds is 2. The molecule has 0 atom stereocenters. The van der Waals surface area contributed by atoms with Crippen molar-refractivity contribution in [1.82, 2.24) is 14.6 Å². The van der Waals surface area contributed by atoms with Crippen molar-refractivity contribution in [2.45, 2.75) is 0 Å². The van der Waals surface area contributed by atoms with E-state index in [-0.39, 0.29) is 5.69 Å². The number of nitrogens with zero attached hydrogens (tertiary/aromatic N) is 4. The minimum Gasteiger partial charge on any atom is -0.476 e. The number of hydrogen-bond donors (Lipinski definition) is 1. The highest BCUT2D eigenvalue weighted by molar-refractivity contribution is 5.86. The number of carboxylic acid groups (broad SMARTS) is 1. The molecule has 0 spiro atoms. The molecule has 15 heavy (non-hydrogen) atoms. The van der Waals surface area contributed by atoms with Crippen molar-refractivity contribution in [3.8, 4) is 0 Å². The van der Waals surface area contributed by atoms with Gasteiger partial charge >= 0.3 is 5.97 Å².